The summed E-state index contributed by atoms with van der Waals surface area (Å²) >= 11 is 0. The number of hydrogen-bond donors (Lipinski definition) is 2. The van der Waals surface area contributed by atoms with Crippen LogP contribution in [0.4, 0.5) is 14.5 Å². The van der Waals surface area contributed by atoms with E-state index in [0.717, 1.165) is 5.56 Å². The molecule has 0 aromatic heterocycles. The van der Waals surface area contributed by atoms with Crippen molar-refractivity contribution in [2.45, 2.75) is 76.1 Å². The van der Waals surface area contributed by atoms with Gasteiger partial charge in [0.15, 0.2) is 0 Å². The van der Waals surface area contributed by atoms with Gasteiger partial charge >= 0.3 is 6.61 Å². The van der Waals surface area contributed by atoms with Gasteiger partial charge in [-0.25, -0.2) is 0 Å². The molecule has 6 rings (SSSR count). The summed E-state index contributed by atoms with van der Waals surface area (Å²) in [5.41, 5.74) is 4.34. The molecule has 2 saturated carbocycles. The van der Waals surface area contributed by atoms with E-state index in [2.05, 4.69) is 85.1 Å². The minimum absolute atomic E-state index is 0.0842. The lowest BCUT2D eigenvalue weighted by Crippen LogP contribution is -2.51. The predicted molar refractivity (Wildman–Crippen MR) is 149 cm³/mol. The molecule has 2 bridgehead atoms. The maximum atomic E-state index is 13.4. The number of alkyl halides is 2. The number of rotatable bonds is 8. The van der Waals surface area contributed by atoms with Crippen molar-refractivity contribution in [1.29, 1.82) is 0 Å². The quantitative estimate of drug-likeness (QED) is 0.320. The average molecular weight is 517 g/mol. The number of nitrogens with one attached hydrogen (secondary N) is 2. The van der Waals surface area contributed by atoms with Gasteiger partial charge in [-0.1, -0.05) is 87.0 Å². The fourth-order valence-corrected chi connectivity index (χ4v) is 7.37. The van der Waals surface area contributed by atoms with Crippen LogP contribution in [0, 0.1) is 17.8 Å². The van der Waals surface area contributed by atoms with Crippen LogP contribution < -0.4 is 15.4 Å². The second kappa shape index (κ2) is 10.7. The van der Waals surface area contributed by atoms with Crippen molar-refractivity contribution in [3.63, 3.8) is 0 Å². The van der Waals surface area contributed by atoms with Crippen LogP contribution in [0.15, 0.2) is 78.9 Å². The number of halogens is 2. The second-order valence-corrected chi connectivity index (χ2v) is 11.7. The fraction of sp³-hybridized carbons (Fsp3) is 0.455. The molecule has 1 aliphatic heterocycles. The standard InChI is InChI=1S/C33H38F2N2O/c1-20(2)23-16-17-28(38-33(34)35)27(18-23)37-32-30-25-15-9-14-24(19-26(25)30)36-31(32)29(21-10-5-3-6-11-21)22-12-7-4-8-13-22/h3-8,10-13,16-18,20,24-26,29-33,36-37H,9,14-15,19H2,1-2H3/t24?,25-,26?,30-,31?,32?/m0/s1. The van der Waals surface area contributed by atoms with E-state index in [0.29, 0.717) is 29.5 Å². The molecule has 5 heteroatoms. The summed E-state index contributed by atoms with van der Waals surface area (Å²) < 4.78 is 31.9. The number of ether oxygens (including phenoxy) is 1. The number of benzene rings is 3. The molecular formula is C33H38F2N2O. The molecule has 200 valence electrons. The molecule has 3 aromatic rings. The Balaban J connectivity index is 1.46. The monoisotopic (exact) mass is 516 g/mol. The lowest BCUT2D eigenvalue weighted by Gasteiger charge is -2.38. The molecule has 0 radical (unpaired) electrons. The topological polar surface area (TPSA) is 33.3 Å². The first-order valence-corrected chi connectivity index (χ1v) is 14.2. The molecule has 2 N–H and O–H groups in total. The Morgan fingerprint density at radius 3 is 2.16 bits per heavy atom. The summed E-state index contributed by atoms with van der Waals surface area (Å²) in [6.07, 6.45) is 4.90. The summed E-state index contributed by atoms with van der Waals surface area (Å²) in [4.78, 5) is 0. The van der Waals surface area contributed by atoms with E-state index >= 15 is 0 Å². The summed E-state index contributed by atoms with van der Waals surface area (Å²) in [5.74, 6) is 2.52. The normalized spacial score (nSPS) is 28.2. The third kappa shape index (κ3) is 5.05. The molecule has 1 saturated heterocycles. The molecule has 3 nitrogen and oxygen atoms in total. The zero-order valence-electron chi connectivity index (χ0n) is 22.2. The first-order valence-electron chi connectivity index (χ1n) is 14.2. The van der Waals surface area contributed by atoms with E-state index in [1.165, 1.54) is 36.8 Å². The summed E-state index contributed by atoms with van der Waals surface area (Å²) in [5, 5.41) is 7.96. The van der Waals surface area contributed by atoms with Gasteiger partial charge in [0, 0.05) is 24.0 Å². The molecule has 38 heavy (non-hydrogen) atoms. The minimum atomic E-state index is -2.86. The Morgan fingerprint density at radius 1 is 0.842 bits per heavy atom. The Hall–Kier alpha value is -2.92. The van der Waals surface area contributed by atoms with Crippen molar-refractivity contribution in [1.82, 2.24) is 5.32 Å². The van der Waals surface area contributed by atoms with Crippen molar-refractivity contribution in [2.75, 3.05) is 5.32 Å². The van der Waals surface area contributed by atoms with Gasteiger partial charge in [0.25, 0.3) is 0 Å². The minimum Gasteiger partial charge on any atom is -0.433 e. The molecular weight excluding hydrogens is 478 g/mol. The highest BCUT2D eigenvalue weighted by molar-refractivity contribution is 5.60. The number of fused-ring (bicyclic) bond motifs is 2. The van der Waals surface area contributed by atoms with E-state index in [9.17, 15) is 8.78 Å². The van der Waals surface area contributed by atoms with Crippen molar-refractivity contribution >= 4 is 5.69 Å². The lowest BCUT2D eigenvalue weighted by molar-refractivity contribution is -0.0494. The number of anilines is 1. The van der Waals surface area contributed by atoms with Crippen LogP contribution in [-0.2, 0) is 0 Å². The van der Waals surface area contributed by atoms with Gasteiger partial charge in [0.05, 0.1) is 5.69 Å². The molecule has 1 heterocycles. The SMILES string of the molecule is CC(C)c1ccc(OC(F)F)c(NC2C(C(c3ccccc3)c3ccccc3)NC3CCC[C@H]4C(C3)[C@@H]24)c1. The van der Waals surface area contributed by atoms with E-state index in [1.807, 2.05) is 12.1 Å². The zero-order valence-corrected chi connectivity index (χ0v) is 22.2. The molecule has 2 aliphatic carbocycles. The lowest BCUT2D eigenvalue weighted by atomic mass is 9.80. The van der Waals surface area contributed by atoms with Crippen LogP contribution in [0.1, 0.15) is 68.1 Å². The molecule has 3 fully saturated rings. The van der Waals surface area contributed by atoms with Gasteiger partial charge in [0.2, 0.25) is 0 Å². The predicted octanol–water partition coefficient (Wildman–Crippen LogP) is 7.80. The molecule has 6 atom stereocenters. The highest BCUT2D eigenvalue weighted by Gasteiger charge is 2.59. The molecule has 0 amide bonds. The molecule has 3 aromatic carbocycles. The van der Waals surface area contributed by atoms with Gasteiger partial charge < -0.3 is 15.4 Å². The smallest absolute Gasteiger partial charge is 0.387 e. The Kier molecular flexibility index (Phi) is 7.13. The maximum Gasteiger partial charge on any atom is 0.387 e. The van der Waals surface area contributed by atoms with Crippen LogP contribution in [0.2, 0.25) is 0 Å². The third-order valence-corrected chi connectivity index (χ3v) is 9.16. The van der Waals surface area contributed by atoms with Crippen molar-refractivity contribution in [3.05, 3.63) is 95.6 Å². The Morgan fingerprint density at radius 2 is 1.53 bits per heavy atom. The van der Waals surface area contributed by atoms with Crippen LogP contribution in [0.25, 0.3) is 0 Å². The molecule has 0 spiro atoms. The highest BCUT2D eigenvalue weighted by atomic mass is 19.3. The third-order valence-electron chi connectivity index (χ3n) is 9.16. The summed E-state index contributed by atoms with van der Waals surface area (Å²) in [6.45, 7) is 1.39. The molecule has 3 aliphatic rings. The van der Waals surface area contributed by atoms with E-state index in [4.69, 9.17) is 4.74 Å². The van der Waals surface area contributed by atoms with Gasteiger partial charge in [-0.2, -0.15) is 8.78 Å². The van der Waals surface area contributed by atoms with Crippen molar-refractivity contribution < 1.29 is 13.5 Å². The van der Waals surface area contributed by atoms with Gasteiger partial charge in [-0.15, -0.1) is 0 Å². The van der Waals surface area contributed by atoms with Crippen molar-refractivity contribution in [3.8, 4) is 5.75 Å². The Bertz CT molecular complexity index is 1180. The van der Waals surface area contributed by atoms with E-state index < -0.39 is 6.61 Å². The second-order valence-electron chi connectivity index (χ2n) is 11.7. The zero-order chi connectivity index (χ0) is 26.2. The van der Waals surface area contributed by atoms with Crippen molar-refractivity contribution in [2.24, 2.45) is 17.8 Å². The highest BCUT2D eigenvalue weighted by Crippen LogP contribution is 2.59. The summed E-state index contributed by atoms with van der Waals surface area (Å²) in [7, 11) is 0. The van der Waals surface area contributed by atoms with E-state index in [-0.39, 0.29) is 29.7 Å². The van der Waals surface area contributed by atoms with Crippen LogP contribution in [-0.4, -0.2) is 24.7 Å². The fourth-order valence-electron chi connectivity index (χ4n) is 7.37. The number of hydrogen-bond acceptors (Lipinski definition) is 3. The summed E-state index contributed by atoms with van der Waals surface area (Å²) in [6, 6.07) is 27.8. The first kappa shape index (κ1) is 25.4. The van der Waals surface area contributed by atoms with E-state index in [1.54, 1.807) is 6.07 Å². The Labute approximate surface area is 225 Å². The van der Waals surface area contributed by atoms with Crippen LogP contribution in [0.5, 0.6) is 5.75 Å². The molecule has 4 unspecified atom stereocenters. The van der Waals surface area contributed by atoms with Crippen LogP contribution >= 0.6 is 0 Å². The van der Waals surface area contributed by atoms with Gasteiger partial charge in [-0.3, -0.25) is 0 Å². The largest absolute Gasteiger partial charge is 0.433 e. The maximum absolute atomic E-state index is 13.4. The van der Waals surface area contributed by atoms with Gasteiger partial charge in [-0.05, 0) is 71.8 Å². The van der Waals surface area contributed by atoms with Crippen LogP contribution in [0.3, 0.4) is 0 Å². The average Bonchev–Trinajstić information content (AvgIpc) is 3.64. The van der Waals surface area contributed by atoms with Gasteiger partial charge in [0.1, 0.15) is 5.75 Å². The first-order chi connectivity index (χ1) is 18.5.